The van der Waals surface area contributed by atoms with E-state index in [0.717, 1.165) is 24.1 Å². The first-order valence-electron chi connectivity index (χ1n) is 11.8. The Kier molecular flexibility index (Phi) is 7.60. The molecule has 0 bridgehead atoms. The number of halogens is 1. The van der Waals surface area contributed by atoms with Gasteiger partial charge in [0.15, 0.2) is 0 Å². The Hall–Kier alpha value is -2.82. The van der Waals surface area contributed by atoms with E-state index in [1.54, 1.807) is 7.11 Å². The first-order valence-corrected chi connectivity index (χ1v) is 12.2. The first-order chi connectivity index (χ1) is 16.4. The summed E-state index contributed by atoms with van der Waals surface area (Å²) in [6.07, 6.45) is 2.33. The summed E-state index contributed by atoms with van der Waals surface area (Å²) in [5.41, 5.74) is 2.42. The van der Waals surface area contributed by atoms with Gasteiger partial charge in [0.2, 0.25) is 5.91 Å². The number of nitriles is 1. The summed E-state index contributed by atoms with van der Waals surface area (Å²) in [4.78, 5) is 21.5. The van der Waals surface area contributed by atoms with Crippen molar-refractivity contribution in [3.63, 3.8) is 0 Å². The van der Waals surface area contributed by atoms with Gasteiger partial charge >= 0.3 is 0 Å². The highest BCUT2D eigenvalue weighted by Gasteiger charge is 2.33. The van der Waals surface area contributed by atoms with E-state index in [9.17, 15) is 10.1 Å². The van der Waals surface area contributed by atoms with Crippen molar-refractivity contribution in [2.75, 3.05) is 38.3 Å². The van der Waals surface area contributed by atoms with Crippen LogP contribution in [0.4, 0.5) is 5.82 Å². The minimum atomic E-state index is -0.198. The van der Waals surface area contributed by atoms with Crippen LogP contribution in [0, 0.1) is 11.3 Å². The second kappa shape index (κ2) is 10.6. The van der Waals surface area contributed by atoms with E-state index in [2.05, 4.69) is 11.0 Å². The smallest absolute Gasteiger partial charge is 0.225 e. The number of anilines is 1. The van der Waals surface area contributed by atoms with Crippen molar-refractivity contribution in [1.82, 2.24) is 9.88 Å². The second-order valence-electron chi connectivity index (χ2n) is 9.07. The van der Waals surface area contributed by atoms with Gasteiger partial charge in [-0.2, -0.15) is 5.26 Å². The Morgan fingerprint density at radius 3 is 2.65 bits per heavy atom. The zero-order chi connectivity index (χ0) is 24.2. The molecule has 1 aliphatic heterocycles. The molecular weight excluding hydrogens is 452 g/mol. The van der Waals surface area contributed by atoms with Gasteiger partial charge in [-0.3, -0.25) is 4.79 Å². The number of hydrogen-bond donors (Lipinski definition) is 0. The fraction of sp³-hybridized carbons (Fsp3) is 0.500. The number of rotatable bonds is 8. The summed E-state index contributed by atoms with van der Waals surface area (Å²) in [5, 5.41) is 10.6. The monoisotopic (exact) mass is 482 g/mol. The molecule has 0 N–H and O–H groups in total. The minimum absolute atomic E-state index is 0.0247. The summed E-state index contributed by atoms with van der Waals surface area (Å²) >= 11 is 6.02. The van der Waals surface area contributed by atoms with Crippen LogP contribution in [0.5, 0.6) is 5.75 Å². The average Bonchev–Trinajstić information content (AvgIpc) is 3.68. The summed E-state index contributed by atoms with van der Waals surface area (Å²) in [7, 11) is 1.60. The Morgan fingerprint density at radius 1 is 1.29 bits per heavy atom. The predicted octanol–water partition coefficient (Wildman–Crippen LogP) is 4.70. The topological polar surface area (TPSA) is 78.7 Å². The Balaban J connectivity index is 1.55. The van der Waals surface area contributed by atoms with E-state index in [4.69, 9.17) is 26.1 Å². The quantitative estimate of drug-likeness (QED) is 0.542. The second-order valence-corrected chi connectivity index (χ2v) is 9.50. The maximum absolute atomic E-state index is 12.5. The van der Waals surface area contributed by atoms with E-state index in [0.29, 0.717) is 60.7 Å². The van der Waals surface area contributed by atoms with E-state index >= 15 is 0 Å². The number of benzene rings is 1. The van der Waals surface area contributed by atoms with Crippen molar-refractivity contribution in [1.29, 1.82) is 5.26 Å². The van der Waals surface area contributed by atoms with Crippen molar-refractivity contribution in [2.45, 2.75) is 51.2 Å². The highest BCUT2D eigenvalue weighted by molar-refractivity contribution is 6.30. The van der Waals surface area contributed by atoms with Crippen molar-refractivity contribution >= 4 is 23.3 Å². The lowest BCUT2D eigenvalue weighted by Gasteiger charge is -2.41. The van der Waals surface area contributed by atoms with Crippen LogP contribution in [0.15, 0.2) is 30.3 Å². The van der Waals surface area contributed by atoms with E-state index in [-0.39, 0.29) is 18.1 Å². The molecule has 0 spiro atoms. The van der Waals surface area contributed by atoms with Crippen LogP contribution in [0.1, 0.15) is 62.0 Å². The molecule has 1 saturated heterocycles. The van der Waals surface area contributed by atoms with Crippen LogP contribution in [0.2, 0.25) is 5.02 Å². The van der Waals surface area contributed by atoms with Crippen LogP contribution < -0.4 is 9.64 Å². The number of carbonyl (C=O) groups is 1. The minimum Gasteiger partial charge on any atom is -0.484 e. The number of carbonyl (C=O) groups excluding carboxylic acids is 1. The largest absolute Gasteiger partial charge is 0.484 e. The Labute approximate surface area is 206 Å². The molecule has 2 aromatic rings. The van der Waals surface area contributed by atoms with Gasteiger partial charge in [0.25, 0.3) is 0 Å². The van der Waals surface area contributed by atoms with Gasteiger partial charge in [-0.05, 0) is 44.4 Å². The lowest BCUT2D eigenvalue weighted by Crippen LogP contribution is -2.54. The molecule has 2 aliphatic rings. The third kappa shape index (κ3) is 5.45. The van der Waals surface area contributed by atoms with Gasteiger partial charge in [0.05, 0.1) is 24.3 Å². The fourth-order valence-electron chi connectivity index (χ4n) is 4.41. The normalized spacial score (nSPS) is 19.0. The molecule has 4 rings (SSSR count). The zero-order valence-corrected chi connectivity index (χ0v) is 20.7. The maximum atomic E-state index is 12.5. The Bertz CT molecular complexity index is 1060. The van der Waals surface area contributed by atoms with E-state index < -0.39 is 0 Å². The number of nitrogens with zero attached hydrogens (tertiary/aromatic N) is 4. The Morgan fingerprint density at radius 2 is 2.03 bits per heavy atom. The number of pyridine rings is 1. The number of piperazine rings is 1. The molecule has 2 atom stereocenters. The van der Waals surface area contributed by atoms with Crippen molar-refractivity contribution in [3.05, 3.63) is 52.2 Å². The van der Waals surface area contributed by atoms with Crippen LogP contribution in [0.3, 0.4) is 0 Å². The number of hydrogen-bond acceptors (Lipinski definition) is 6. The number of ether oxygens (including phenoxy) is 2. The molecule has 2 fully saturated rings. The number of aromatic nitrogens is 1. The van der Waals surface area contributed by atoms with Crippen molar-refractivity contribution < 1.29 is 14.3 Å². The molecule has 1 saturated carbocycles. The third-order valence-corrected chi connectivity index (χ3v) is 6.74. The van der Waals surface area contributed by atoms with Crippen LogP contribution in [0.25, 0.3) is 0 Å². The van der Waals surface area contributed by atoms with Crippen LogP contribution >= 0.6 is 11.6 Å². The molecule has 1 aliphatic carbocycles. The third-order valence-electron chi connectivity index (χ3n) is 6.49. The molecule has 180 valence electrons. The van der Waals surface area contributed by atoms with Crippen LogP contribution in [-0.4, -0.2) is 55.2 Å². The molecule has 1 aromatic heterocycles. The van der Waals surface area contributed by atoms with Gasteiger partial charge in [-0.25, -0.2) is 4.98 Å². The highest BCUT2D eigenvalue weighted by atomic mass is 35.5. The average molecular weight is 483 g/mol. The van der Waals surface area contributed by atoms with Crippen molar-refractivity contribution in [2.24, 2.45) is 0 Å². The molecule has 34 heavy (non-hydrogen) atoms. The molecule has 2 heterocycles. The summed E-state index contributed by atoms with van der Waals surface area (Å²) in [6.45, 7) is 6.31. The van der Waals surface area contributed by atoms with Gasteiger partial charge in [0.1, 0.15) is 23.7 Å². The standard InChI is InChI=1S/C26H31ClN4O3/c1-17-16-30(11-12-31(17)24(32)10-13-33-3)26-21(15-28)14-23(25(29-26)20-4-5-20)34-18(2)19-6-8-22(27)9-7-19/h6-9,14,17-18,20H,4-5,10-13,16H2,1-3H3. The van der Waals surface area contributed by atoms with Gasteiger partial charge in [-0.1, -0.05) is 23.7 Å². The SMILES string of the molecule is COCCC(=O)N1CCN(c2nc(C3CC3)c(OC(C)c3ccc(Cl)cc3)cc2C#N)CC1C. The molecule has 8 heteroatoms. The summed E-state index contributed by atoms with van der Waals surface area (Å²) in [6, 6.07) is 11.8. The van der Waals surface area contributed by atoms with Gasteiger partial charge in [0, 0.05) is 49.8 Å². The summed E-state index contributed by atoms with van der Waals surface area (Å²) in [5.74, 6) is 1.81. The highest BCUT2D eigenvalue weighted by Crippen LogP contribution is 2.45. The van der Waals surface area contributed by atoms with E-state index in [1.807, 2.05) is 49.1 Å². The van der Waals surface area contributed by atoms with E-state index in [1.165, 1.54) is 0 Å². The number of amides is 1. The van der Waals surface area contributed by atoms with Crippen LogP contribution in [-0.2, 0) is 9.53 Å². The molecule has 1 aromatic carbocycles. The zero-order valence-electron chi connectivity index (χ0n) is 20.0. The maximum Gasteiger partial charge on any atom is 0.225 e. The number of methoxy groups -OCH3 is 1. The fourth-order valence-corrected chi connectivity index (χ4v) is 4.54. The van der Waals surface area contributed by atoms with Gasteiger partial charge < -0.3 is 19.3 Å². The lowest BCUT2D eigenvalue weighted by molar-refractivity contribution is -0.134. The molecule has 0 radical (unpaired) electrons. The van der Waals surface area contributed by atoms with Crippen molar-refractivity contribution in [3.8, 4) is 11.8 Å². The molecule has 2 unspecified atom stereocenters. The lowest BCUT2D eigenvalue weighted by atomic mass is 10.1. The molecule has 7 nitrogen and oxygen atoms in total. The molecule has 1 amide bonds. The van der Waals surface area contributed by atoms with Gasteiger partial charge in [-0.15, -0.1) is 0 Å². The predicted molar refractivity (Wildman–Crippen MR) is 131 cm³/mol. The first kappa shape index (κ1) is 24.3. The molecular formula is C26H31ClN4O3. The summed E-state index contributed by atoms with van der Waals surface area (Å²) < 4.78 is 11.4.